The number of benzene rings is 8. The summed E-state index contributed by atoms with van der Waals surface area (Å²) in [5.74, 6) is -5.53. The first-order valence-corrected chi connectivity index (χ1v) is 48.5. The Labute approximate surface area is 843 Å². The van der Waals surface area contributed by atoms with Gasteiger partial charge in [-0.3, -0.25) is 81.3 Å². The van der Waals surface area contributed by atoms with Crippen molar-refractivity contribution in [1.82, 2.24) is 85.5 Å². The van der Waals surface area contributed by atoms with E-state index in [1.54, 1.807) is 41.5 Å². The van der Waals surface area contributed by atoms with Crippen LogP contribution in [0.2, 0.25) is 0 Å². The van der Waals surface area contributed by atoms with E-state index in [2.05, 4.69) is 150 Å². The van der Waals surface area contributed by atoms with E-state index < -0.39 is 85.4 Å². The number of carbonyl (C=O) groups excluding carboxylic acids is 5. The van der Waals surface area contributed by atoms with Gasteiger partial charge >= 0.3 is 0 Å². The second-order valence-electron chi connectivity index (χ2n) is 37.9. The first-order valence-electron chi connectivity index (χ1n) is 48.5. The normalized spacial score (nSPS) is 13.5. The maximum atomic E-state index is 12.6. The molecule has 5 amide bonds. The SMILES string of the molecule is CNC(=O)c1nn(Cc2cc(C)ccc2-c2ccc(C(C)(C)C)cc2)cc(O)c1=O.CNC(=O)c1nn(Cc2cc(C)ccc2-c2ccccc2)cc(O)c1=O.O=C(NCc1ccccc1)c1nn(CC2(c3ccccc3)CCCC2)cc(O)c1=O.O=C(NCc1ccccn1)c1nn(CC2(c3ccccc3)CCCC2)cc(O)c1=O.O=C(NCc1cccnc1)c1nn(CC2(c3ccccc3)CCCC2)cc(O)c1=O. The van der Waals surface area contributed by atoms with Gasteiger partial charge in [0.1, 0.15) is 0 Å². The summed E-state index contributed by atoms with van der Waals surface area (Å²) in [5, 5.41) is 84.4. The van der Waals surface area contributed by atoms with E-state index in [1.165, 1.54) is 86.1 Å². The number of amides is 5. The number of nitrogens with one attached hydrogen (secondary N) is 5. The van der Waals surface area contributed by atoms with Crippen LogP contribution in [0.4, 0.5) is 0 Å². The molecular weight excluding hydrogens is 1850 g/mol. The molecule has 146 heavy (non-hydrogen) atoms. The molecule has 18 rings (SSSR count). The van der Waals surface area contributed by atoms with Gasteiger partial charge in [-0.1, -0.05) is 295 Å². The number of nitrogens with zero attached hydrogens (tertiary/aromatic N) is 12. The van der Waals surface area contributed by atoms with Crippen LogP contribution in [0.25, 0.3) is 22.3 Å². The summed E-state index contributed by atoms with van der Waals surface area (Å²) in [7, 11) is 2.82. The van der Waals surface area contributed by atoms with E-state index in [-0.39, 0.29) is 69.8 Å². The molecule has 0 unspecified atom stereocenters. The number of aromatic nitrogens is 12. The number of aryl methyl sites for hydroxylation is 2. The molecular formula is C114H119N17O15. The lowest BCUT2D eigenvalue weighted by atomic mass is 9.79. The molecule has 0 spiro atoms. The monoisotopic (exact) mass is 1970 g/mol. The van der Waals surface area contributed by atoms with Gasteiger partial charge in [0, 0.05) is 62.0 Å². The van der Waals surface area contributed by atoms with Crippen molar-refractivity contribution < 1.29 is 49.5 Å². The minimum absolute atomic E-state index is 0.0717. The highest BCUT2D eigenvalue weighted by atomic mass is 16.3. The third-order valence-corrected chi connectivity index (χ3v) is 26.5. The summed E-state index contributed by atoms with van der Waals surface area (Å²) in [6.07, 6.45) is 24.0. The molecule has 750 valence electrons. The Morgan fingerprint density at radius 2 is 0.658 bits per heavy atom. The minimum Gasteiger partial charge on any atom is -0.503 e. The van der Waals surface area contributed by atoms with Crippen LogP contribution in [-0.2, 0) is 74.0 Å². The fourth-order valence-electron chi connectivity index (χ4n) is 18.9. The summed E-state index contributed by atoms with van der Waals surface area (Å²) in [6, 6.07) is 79.7. The number of pyridine rings is 2. The molecule has 3 aliphatic rings. The summed E-state index contributed by atoms with van der Waals surface area (Å²) in [4.78, 5) is 131. The van der Waals surface area contributed by atoms with Gasteiger partial charge in [-0.2, -0.15) is 25.5 Å². The van der Waals surface area contributed by atoms with Gasteiger partial charge in [-0.25, -0.2) is 0 Å². The molecule has 3 fully saturated rings. The molecule has 7 heterocycles. The van der Waals surface area contributed by atoms with Crippen molar-refractivity contribution in [3.8, 4) is 51.0 Å². The fourth-order valence-corrected chi connectivity index (χ4v) is 18.9. The zero-order chi connectivity index (χ0) is 104. The first kappa shape index (κ1) is 105. The molecule has 0 saturated heterocycles. The molecule has 32 nitrogen and oxygen atoms in total. The van der Waals surface area contributed by atoms with Gasteiger partial charge in [0.25, 0.3) is 56.7 Å². The lowest BCUT2D eigenvalue weighted by Gasteiger charge is -2.30. The van der Waals surface area contributed by atoms with Gasteiger partial charge in [-0.15, -0.1) is 0 Å². The zero-order valence-electron chi connectivity index (χ0n) is 82.5. The highest BCUT2D eigenvalue weighted by Crippen LogP contribution is 2.46. The Bertz CT molecular complexity index is 7000. The maximum absolute atomic E-state index is 12.6. The summed E-state index contributed by atoms with van der Waals surface area (Å²) in [6.45, 7) is 13.3. The van der Waals surface area contributed by atoms with E-state index >= 15 is 0 Å². The van der Waals surface area contributed by atoms with Crippen molar-refractivity contribution in [3.05, 3.63) is 433 Å². The van der Waals surface area contributed by atoms with Crippen molar-refractivity contribution in [1.29, 1.82) is 0 Å². The molecule has 0 radical (unpaired) electrons. The number of rotatable bonds is 26. The van der Waals surface area contributed by atoms with Crippen molar-refractivity contribution in [3.63, 3.8) is 0 Å². The van der Waals surface area contributed by atoms with Crippen LogP contribution >= 0.6 is 0 Å². The molecule has 3 saturated carbocycles. The largest absolute Gasteiger partial charge is 0.503 e. The average molecular weight is 1970 g/mol. The second-order valence-corrected chi connectivity index (χ2v) is 37.9. The second kappa shape index (κ2) is 48.1. The number of hydrogen-bond donors (Lipinski definition) is 10. The topological polar surface area (TPSA) is 447 Å². The first-order chi connectivity index (χ1) is 70.3. The van der Waals surface area contributed by atoms with Gasteiger partial charge in [0.2, 0.25) is 0 Å². The van der Waals surface area contributed by atoms with Crippen LogP contribution in [0.15, 0.2) is 316 Å². The molecule has 3 aliphatic carbocycles. The summed E-state index contributed by atoms with van der Waals surface area (Å²) in [5.41, 5.74) is 9.83. The minimum atomic E-state index is -0.784. The molecule has 10 N–H and O–H groups in total. The molecule has 8 aromatic carbocycles. The summed E-state index contributed by atoms with van der Waals surface area (Å²) >= 11 is 0. The van der Waals surface area contributed by atoms with E-state index in [0.717, 1.165) is 133 Å². The molecule has 15 aromatic rings. The number of carbonyl (C=O) groups is 5. The Hall–Kier alpha value is -17.2. The predicted molar refractivity (Wildman–Crippen MR) is 556 cm³/mol. The smallest absolute Gasteiger partial charge is 0.276 e. The van der Waals surface area contributed by atoms with Crippen molar-refractivity contribution in [2.24, 2.45) is 0 Å². The van der Waals surface area contributed by atoms with E-state index in [0.29, 0.717) is 38.4 Å². The zero-order valence-corrected chi connectivity index (χ0v) is 82.5. The summed E-state index contributed by atoms with van der Waals surface area (Å²) < 4.78 is 7.44. The van der Waals surface area contributed by atoms with Crippen LogP contribution in [0.5, 0.6) is 28.7 Å². The van der Waals surface area contributed by atoms with E-state index in [1.807, 2.05) is 172 Å². The molecule has 0 aliphatic heterocycles. The Balaban J connectivity index is 0.000000144. The van der Waals surface area contributed by atoms with Crippen molar-refractivity contribution >= 4 is 29.5 Å². The molecule has 7 aromatic heterocycles. The lowest BCUT2D eigenvalue weighted by Crippen LogP contribution is -2.34. The lowest BCUT2D eigenvalue weighted by molar-refractivity contribution is 0.0933. The molecule has 0 atom stereocenters. The average Bonchev–Trinajstić information content (AvgIpc) is 1.59. The number of aromatic hydroxyl groups is 5. The molecule has 32 heteroatoms. The van der Waals surface area contributed by atoms with Gasteiger partial charge in [-0.05, 0) is 143 Å². The standard InChI is InChI=1S/C24H25N3O3.C24H27N3O3.2C23H24N4O3.C20H19N3O3/c28-20-16-27(17-24(13-7-8-14-24)19-11-5-2-6-12-19)26-21(22(20)29)23(30)25-15-18-9-3-1-4-10-18;1-15-6-11-19(16-7-9-18(10-8-16)24(2,3)4)17(12-15)13-27-14-20(28)22(29)21(26-27)23(30)25-5;28-19-15-27(16-23(11-5-6-12-23)17-8-2-1-3-9-17)26-20(21(19)29)22(30)25-14-18-10-4-7-13-24-18;28-19-15-27(16-23(10-4-5-11-23)18-8-2-1-3-9-18)26-20(21(19)29)22(30)25-14-17-7-6-12-24-13-17;1-13-8-9-16(14-6-4-3-5-7-14)15(10-13)11-23-12-17(24)19(25)18(22-23)20(26)21-2/h1-6,9-12,16,28H,7-8,13-15,17H2,(H,25,30);6-12,14,28H,13H2,1-5H3,(H,25,30);1-4,7-10,13,15,28H,5-6,11-12,14,16H2,(H,25,30);1-3,6-9,12-13,15,28H,4-5,10-11,14,16H2,(H,25,30);3-10,12,24H,11H2,1-2H3,(H,21,26). The van der Waals surface area contributed by atoms with Crippen molar-refractivity contribution in [2.75, 3.05) is 14.1 Å². The van der Waals surface area contributed by atoms with Crippen LogP contribution in [0.1, 0.15) is 212 Å². The fraction of sp³-hybridized carbons (Fsp3) is 0.272. The maximum Gasteiger partial charge on any atom is 0.276 e. The quantitative estimate of drug-likeness (QED) is 0.0241. The van der Waals surface area contributed by atoms with E-state index in [4.69, 9.17) is 0 Å². The van der Waals surface area contributed by atoms with Gasteiger partial charge in [0.05, 0.1) is 75.9 Å². The third kappa shape index (κ3) is 26.4. The highest BCUT2D eigenvalue weighted by Gasteiger charge is 2.40. The van der Waals surface area contributed by atoms with Crippen LogP contribution < -0.4 is 53.7 Å². The Morgan fingerprint density at radius 1 is 0.342 bits per heavy atom. The highest BCUT2D eigenvalue weighted by molar-refractivity contribution is 5.94. The Kier molecular flexibility index (Phi) is 34.4. The van der Waals surface area contributed by atoms with Gasteiger partial charge in [0.15, 0.2) is 57.2 Å². The molecule has 0 bridgehead atoms. The van der Waals surface area contributed by atoms with Crippen LogP contribution in [-0.4, -0.2) is 128 Å². The van der Waals surface area contributed by atoms with Crippen LogP contribution in [0.3, 0.4) is 0 Å². The number of hydrogen-bond acceptors (Lipinski definition) is 22. The Morgan fingerprint density at radius 3 is 1.00 bits per heavy atom. The third-order valence-electron chi connectivity index (χ3n) is 26.5. The van der Waals surface area contributed by atoms with Gasteiger partial charge < -0.3 is 52.1 Å². The van der Waals surface area contributed by atoms with Crippen LogP contribution in [0, 0.1) is 13.8 Å². The predicted octanol–water partition coefficient (Wildman–Crippen LogP) is 14.9. The van der Waals surface area contributed by atoms with E-state index in [9.17, 15) is 73.5 Å². The van der Waals surface area contributed by atoms with Crippen molar-refractivity contribution in [2.45, 2.75) is 186 Å².